The number of Topliss-reactive ketones (excluding diaryl/α,β-unsaturated/α-hetero) is 1. The molecule has 0 spiro atoms. The minimum atomic E-state index is -0.853. The van der Waals surface area contributed by atoms with Crippen LogP contribution in [0, 0.1) is 5.82 Å². The van der Waals surface area contributed by atoms with E-state index in [1.165, 1.54) is 43.4 Å². The van der Waals surface area contributed by atoms with Crippen molar-refractivity contribution in [1.82, 2.24) is 4.90 Å². The average Bonchev–Trinajstić information content (AvgIpc) is 3.06. The Morgan fingerprint density at radius 2 is 1.73 bits per heavy atom. The van der Waals surface area contributed by atoms with Crippen LogP contribution in [0.4, 0.5) is 4.39 Å². The van der Waals surface area contributed by atoms with E-state index >= 15 is 0 Å². The van der Waals surface area contributed by atoms with Gasteiger partial charge in [0.1, 0.15) is 11.6 Å². The van der Waals surface area contributed by atoms with E-state index in [1.54, 1.807) is 18.2 Å². The number of amides is 1. The zero-order valence-electron chi connectivity index (χ0n) is 19.1. The number of aliphatic hydroxyl groups is 1. The number of aliphatic hydroxyl groups excluding tert-OH is 1. The fourth-order valence-corrected chi connectivity index (χ4v) is 3.80. The van der Waals surface area contributed by atoms with E-state index in [0.29, 0.717) is 30.1 Å². The summed E-state index contributed by atoms with van der Waals surface area (Å²) in [6.45, 7) is 4.49. The highest BCUT2D eigenvalue weighted by atomic mass is 19.1. The molecule has 1 fully saturated rings. The molecule has 3 rings (SSSR count). The van der Waals surface area contributed by atoms with Crippen LogP contribution < -0.4 is 9.47 Å². The molecule has 176 valence electrons. The lowest BCUT2D eigenvalue weighted by atomic mass is 9.95. The molecule has 0 aromatic heterocycles. The summed E-state index contributed by atoms with van der Waals surface area (Å²) in [7, 11) is 2.99. The van der Waals surface area contributed by atoms with Gasteiger partial charge >= 0.3 is 0 Å². The number of ketones is 1. The molecule has 2 aromatic rings. The highest BCUT2D eigenvalue weighted by Gasteiger charge is 2.46. The molecule has 0 radical (unpaired) electrons. The van der Waals surface area contributed by atoms with Crippen molar-refractivity contribution in [3.8, 4) is 11.5 Å². The molecule has 0 saturated carbocycles. The van der Waals surface area contributed by atoms with Crippen molar-refractivity contribution in [3.05, 3.63) is 65.0 Å². The van der Waals surface area contributed by atoms with Crippen LogP contribution in [0.15, 0.2) is 48.0 Å². The van der Waals surface area contributed by atoms with Gasteiger partial charge < -0.3 is 24.2 Å². The van der Waals surface area contributed by atoms with Crippen LogP contribution in [0.2, 0.25) is 0 Å². The first-order valence-corrected chi connectivity index (χ1v) is 10.7. The maximum absolute atomic E-state index is 13.4. The van der Waals surface area contributed by atoms with Gasteiger partial charge in [-0.05, 0) is 62.2 Å². The molecule has 1 saturated heterocycles. The molecule has 33 heavy (non-hydrogen) atoms. The number of carbonyl (C=O) groups is 2. The molecule has 1 atom stereocenters. The second-order valence-corrected chi connectivity index (χ2v) is 7.89. The zero-order chi connectivity index (χ0) is 24.1. The Balaban J connectivity index is 2.08. The third kappa shape index (κ3) is 5.17. The van der Waals surface area contributed by atoms with Gasteiger partial charge in [-0.25, -0.2) is 4.39 Å². The van der Waals surface area contributed by atoms with E-state index in [-0.39, 0.29) is 29.5 Å². The maximum atomic E-state index is 13.4. The largest absolute Gasteiger partial charge is 0.507 e. The standard InChI is InChI=1S/C25H28FNO6/c1-15(2)33-13-5-12-27-22(17-8-11-19(31-3)20(14-17)32-4)21(24(29)25(27)30)23(28)16-6-9-18(26)10-7-16/h6-11,14-15,22,28H,5,12-13H2,1-4H3/b23-21-. The van der Waals surface area contributed by atoms with Crippen LogP contribution in [0.1, 0.15) is 37.4 Å². The number of ether oxygens (including phenoxy) is 3. The Bertz CT molecular complexity index is 1050. The number of methoxy groups -OCH3 is 2. The van der Waals surface area contributed by atoms with Gasteiger partial charge in [-0.3, -0.25) is 9.59 Å². The summed E-state index contributed by atoms with van der Waals surface area (Å²) in [5.41, 5.74) is 0.743. The molecule has 7 nitrogen and oxygen atoms in total. The molecular formula is C25H28FNO6. The van der Waals surface area contributed by atoms with Gasteiger partial charge in [0.25, 0.3) is 11.7 Å². The number of benzene rings is 2. The number of nitrogens with zero attached hydrogens (tertiary/aromatic N) is 1. The predicted octanol–water partition coefficient (Wildman–Crippen LogP) is 4.08. The Morgan fingerprint density at radius 3 is 2.33 bits per heavy atom. The van der Waals surface area contributed by atoms with Crippen molar-refractivity contribution < 1.29 is 33.3 Å². The number of halogens is 1. The van der Waals surface area contributed by atoms with Gasteiger partial charge in [0.05, 0.1) is 31.9 Å². The highest BCUT2D eigenvalue weighted by Crippen LogP contribution is 2.42. The molecule has 0 aliphatic carbocycles. The second-order valence-electron chi connectivity index (χ2n) is 7.89. The lowest BCUT2D eigenvalue weighted by Gasteiger charge is -2.26. The number of hydrogen-bond donors (Lipinski definition) is 1. The van der Waals surface area contributed by atoms with Gasteiger partial charge in [-0.2, -0.15) is 0 Å². The Hall–Kier alpha value is -3.39. The molecule has 1 amide bonds. The topological polar surface area (TPSA) is 85.3 Å². The van der Waals surface area contributed by atoms with Crippen LogP contribution in [0.3, 0.4) is 0 Å². The minimum Gasteiger partial charge on any atom is -0.507 e. The van der Waals surface area contributed by atoms with Crippen molar-refractivity contribution in [2.24, 2.45) is 0 Å². The second kappa shape index (κ2) is 10.5. The van der Waals surface area contributed by atoms with Gasteiger partial charge in [-0.15, -0.1) is 0 Å². The fraction of sp³-hybridized carbons (Fsp3) is 0.360. The van der Waals surface area contributed by atoms with Gasteiger partial charge in [0, 0.05) is 18.7 Å². The van der Waals surface area contributed by atoms with Crippen LogP contribution in [0.25, 0.3) is 5.76 Å². The lowest BCUT2D eigenvalue weighted by molar-refractivity contribution is -0.140. The van der Waals surface area contributed by atoms with E-state index in [4.69, 9.17) is 14.2 Å². The zero-order valence-corrected chi connectivity index (χ0v) is 19.1. The van der Waals surface area contributed by atoms with Crippen molar-refractivity contribution in [2.45, 2.75) is 32.4 Å². The Kier molecular flexibility index (Phi) is 7.71. The molecule has 1 N–H and O–H groups in total. The van der Waals surface area contributed by atoms with Gasteiger partial charge in [-0.1, -0.05) is 6.07 Å². The third-order valence-corrected chi connectivity index (χ3v) is 5.38. The quantitative estimate of drug-likeness (QED) is 0.264. The predicted molar refractivity (Wildman–Crippen MR) is 121 cm³/mol. The van der Waals surface area contributed by atoms with E-state index in [2.05, 4.69) is 0 Å². The van der Waals surface area contributed by atoms with E-state index < -0.39 is 23.5 Å². The van der Waals surface area contributed by atoms with E-state index in [0.717, 1.165) is 0 Å². The monoisotopic (exact) mass is 457 g/mol. The van der Waals surface area contributed by atoms with Crippen molar-refractivity contribution in [2.75, 3.05) is 27.4 Å². The van der Waals surface area contributed by atoms with Gasteiger partial charge in [0.15, 0.2) is 11.5 Å². The van der Waals surface area contributed by atoms with Crippen LogP contribution in [-0.4, -0.2) is 55.2 Å². The van der Waals surface area contributed by atoms with Gasteiger partial charge in [0.2, 0.25) is 0 Å². The smallest absolute Gasteiger partial charge is 0.295 e. The summed E-state index contributed by atoms with van der Waals surface area (Å²) < 4.78 is 29.6. The lowest BCUT2D eigenvalue weighted by Crippen LogP contribution is -2.31. The fourth-order valence-electron chi connectivity index (χ4n) is 3.80. The Morgan fingerprint density at radius 1 is 1.06 bits per heavy atom. The van der Waals surface area contributed by atoms with E-state index in [1.807, 2.05) is 13.8 Å². The summed E-state index contributed by atoms with van der Waals surface area (Å²) in [5.74, 6) is -1.46. The molecule has 0 bridgehead atoms. The summed E-state index contributed by atoms with van der Waals surface area (Å²) in [6.07, 6.45) is 0.548. The first-order chi connectivity index (χ1) is 15.8. The molecular weight excluding hydrogens is 429 g/mol. The molecule has 1 aliphatic rings. The third-order valence-electron chi connectivity index (χ3n) is 5.38. The molecule has 1 heterocycles. The summed E-state index contributed by atoms with van der Waals surface area (Å²) >= 11 is 0. The normalized spacial score (nSPS) is 17.6. The van der Waals surface area contributed by atoms with Crippen LogP contribution in [0.5, 0.6) is 11.5 Å². The summed E-state index contributed by atoms with van der Waals surface area (Å²) in [5, 5.41) is 11.0. The molecule has 1 unspecified atom stereocenters. The SMILES string of the molecule is COc1ccc(C2/C(=C(/O)c3ccc(F)cc3)C(=O)C(=O)N2CCCOC(C)C)cc1OC. The highest BCUT2D eigenvalue weighted by molar-refractivity contribution is 6.46. The molecule has 1 aliphatic heterocycles. The number of hydrogen-bond acceptors (Lipinski definition) is 6. The average molecular weight is 457 g/mol. The first-order valence-electron chi connectivity index (χ1n) is 10.7. The number of likely N-dealkylation sites (tertiary alicyclic amines) is 1. The van der Waals surface area contributed by atoms with Crippen molar-refractivity contribution in [3.63, 3.8) is 0 Å². The summed E-state index contributed by atoms with van der Waals surface area (Å²) in [4.78, 5) is 27.4. The molecule has 8 heteroatoms. The number of rotatable bonds is 9. The first kappa shape index (κ1) is 24.3. The Labute approximate surface area is 192 Å². The molecule has 2 aromatic carbocycles. The van der Waals surface area contributed by atoms with Crippen molar-refractivity contribution >= 4 is 17.4 Å². The van der Waals surface area contributed by atoms with Crippen LogP contribution in [-0.2, 0) is 14.3 Å². The van der Waals surface area contributed by atoms with E-state index in [9.17, 15) is 19.1 Å². The van der Waals surface area contributed by atoms with Crippen molar-refractivity contribution in [1.29, 1.82) is 0 Å². The summed E-state index contributed by atoms with van der Waals surface area (Å²) in [6, 6.07) is 9.29. The minimum absolute atomic E-state index is 0.0422. The maximum Gasteiger partial charge on any atom is 0.295 e. The van der Waals surface area contributed by atoms with Crippen LogP contribution >= 0.6 is 0 Å². The number of carbonyl (C=O) groups excluding carboxylic acids is 2.